The van der Waals surface area contributed by atoms with Gasteiger partial charge in [-0.1, -0.05) is 13.8 Å². The second kappa shape index (κ2) is 4.03. The average Bonchev–Trinajstić information content (AvgIpc) is 1.82. The number of nitrogens with zero attached hydrogens (tertiary/aromatic N) is 2. The normalized spacial score (nSPS) is 11.8. The number of rotatable bonds is 2. The molecular weight excluding hydrogens is 118 g/mol. The summed E-state index contributed by atoms with van der Waals surface area (Å²) in [6, 6.07) is 0. The van der Waals surface area contributed by atoms with E-state index in [0.29, 0.717) is 5.84 Å². The Balaban J connectivity index is 3.97. The summed E-state index contributed by atoms with van der Waals surface area (Å²) in [4.78, 5) is 7.58. The molecular formula is C5H11N3O. The first kappa shape index (κ1) is 8.10. The minimum atomic E-state index is 0.200. The van der Waals surface area contributed by atoms with Crippen molar-refractivity contribution in [3.05, 3.63) is 0 Å². The Bertz CT molecular complexity index is 119. The van der Waals surface area contributed by atoms with E-state index < -0.39 is 0 Å². The van der Waals surface area contributed by atoms with Gasteiger partial charge < -0.3 is 4.94 Å². The first-order valence-corrected chi connectivity index (χ1v) is 2.63. The fourth-order valence-electron chi connectivity index (χ4n) is 0.371. The smallest absolute Gasteiger partial charge is 0.172 e. The molecule has 0 aliphatic heterocycles. The van der Waals surface area contributed by atoms with Crippen LogP contribution >= 0.6 is 0 Å². The summed E-state index contributed by atoms with van der Waals surface area (Å²) in [7, 11) is 0. The Morgan fingerprint density at radius 3 is 2.33 bits per heavy atom. The zero-order valence-corrected chi connectivity index (χ0v) is 5.66. The SMILES string of the molecule is C=N/C(=N\ON)C(C)C. The van der Waals surface area contributed by atoms with Crippen molar-refractivity contribution in [2.75, 3.05) is 0 Å². The highest BCUT2D eigenvalue weighted by Crippen LogP contribution is 1.96. The summed E-state index contributed by atoms with van der Waals surface area (Å²) in [5, 5.41) is 3.41. The molecule has 52 valence electrons. The lowest BCUT2D eigenvalue weighted by atomic mass is 10.2. The van der Waals surface area contributed by atoms with Crippen LogP contribution in [0.5, 0.6) is 0 Å². The van der Waals surface area contributed by atoms with E-state index in [-0.39, 0.29) is 5.92 Å². The van der Waals surface area contributed by atoms with Crippen LogP contribution in [0.1, 0.15) is 13.8 Å². The highest BCUT2D eigenvalue weighted by molar-refractivity contribution is 5.87. The van der Waals surface area contributed by atoms with E-state index in [1.54, 1.807) is 0 Å². The fraction of sp³-hybridized carbons (Fsp3) is 0.600. The quantitative estimate of drug-likeness (QED) is 0.336. The van der Waals surface area contributed by atoms with Gasteiger partial charge in [-0.15, -0.1) is 5.90 Å². The number of amidine groups is 1. The van der Waals surface area contributed by atoms with Crippen LogP contribution in [-0.2, 0) is 4.94 Å². The molecule has 0 aromatic rings. The van der Waals surface area contributed by atoms with Crippen LogP contribution in [-0.4, -0.2) is 12.6 Å². The van der Waals surface area contributed by atoms with Crippen LogP contribution in [0.2, 0.25) is 0 Å². The van der Waals surface area contributed by atoms with Crippen molar-refractivity contribution in [1.82, 2.24) is 0 Å². The van der Waals surface area contributed by atoms with Crippen LogP contribution in [0, 0.1) is 5.92 Å². The lowest BCUT2D eigenvalue weighted by Gasteiger charge is -1.99. The lowest BCUT2D eigenvalue weighted by Crippen LogP contribution is -2.06. The molecule has 0 amide bonds. The van der Waals surface area contributed by atoms with Gasteiger partial charge in [0.2, 0.25) is 0 Å². The van der Waals surface area contributed by atoms with E-state index in [9.17, 15) is 0 Å². The molecule has 4 heteroatoms. The molecule has 0 radical (unpaired) electrons. The number of hydrogen-bond donors (Lipinski definition) is 1. The molecule has 0 heterocycles. The van der Waals surface area contributed by atoms with Crippen LogP contribution in [0.4, 0.5) is 0 Å². The molecule has 0 atom stereocenters. The van der Waals surface area contributed by atoms with Crippen molar-refractivity contribution in [3.8, 4) is 0 Å². The fourth-order valence-corrected chi connectivity index (χ4v) is 0.371. The van der Waals surface area contributed by atoms with Gasteiger partial charge in [0.25, 0.3) is 0 Å². The second-order valence-electron chi connectivity index (χ2n) is 1.87. The Morgan fingerprint density at radius 2 is 2.22 bits per heavy atom. The molecule has 0 spiro atoms. The number of nitrogens with two attached hydrogens (primary N) is 1. The standard InChI is InChI=1S/C5H11N3O/c1-4(2)5(7-3)8-9-6/h4H,3,6H2,1-2H3/b8-5-. The third-order valence-corrected chi connectivity index (χ3v) is 0.825. The van der Waals surface area contributed by atoms with E-state index in [1.165, 1.54) is 0 Å². The summed E-state index contributed by atoms with van der Waals surface area (Å²) in [5.74, 6) is 5.38. The number of hydrogen-bond acceptors (Lipinski definition) is 3. The summed E-state index contributed by atoms with van der Waals surface area (Å²) >= 11 is 0. The molecule has 9 heavy (non-hydrogen) atoms. The van der Waals surface area contributed by atoms with E-state index in [1.807, 2.05) is 13.8 Å². The second-order valence-corrected chi connectivity index (χ2v) is 1.87. The predicted molar refractivity (Wildman–Crippen MR) is 37.1 cm³/mol. The van der Waals surface area contributed by atoms with Crippen LogP contribution in [0.25, 0.3) is 0 Å². The summed E-state index contributed by atoms with van der Waals surface area (Å²) in [6.07, 6.45) is 0. The Morgan fingerprint density at radius 1 is 1.67 bits per heavy atom. The third-order valence-electron chi connectivity index (χ3n) is 0.825. The topological polar surface area (TPSA) is 60.0 Å². The van der Waals surface area contributed by atoms with Crippen molar-refractivity contribution >= 4 is 12.6 Å². The molecule has 0 aromatic carbocycles. The molecule has 2 N–H and O–H groups in total. The molecule has 0 aliphatic carbocycles. The average molecular weight is 129 g/mol. The van der Waals surface area contributed by atoms with Gasteiger partial charge in [0.15, 0.2) is 5.84 Å². The first-order valence-electron chi connectivity index (χ1n) is 2.63. The number of aliphatic imine (C=N–C) groups is 1. The molecule has 0 rings (SSSR count). The van der Waals surface area contributed by atoms with Gasteiger partial charge in [-0.05, 0) is 11.9 Å². The maximum Gasteiger partial charge on any atom is 0.172 e. The van der Waals surface area contributed by atoms with Gasteiger partial charge in [-0.3, -0.25) is 0 Å². The maximum atomic E-state index is 4.67. The van der Waals surface area contributed by atoms with Crippen molar-refractivity contribution in [3.63, 3.8) is 0 Å². The van der Waals surface area contributed by atoms with E-state index in [4.69, 9.17) is 0 Å². The minimum absolute atomic E-state index is 0.200. The largest absolute Gasteiger partial charge is 0.301 e. The third kappa shape index (κ3) is 2.81. The Kier molecular flexibility index (Phi) is 3.62. The number of oxime groups is 1. The van der Waals surface area contributed by atoms with Crippen molar-refractivity contribution in [1.29, 1.82) is 0 Å². The van der Waals surface area contributed by atoms with E-state index >= 15 is 0 Å². The lowest BCUT2D eigenvalue weighted by molar-refractivity contribution is 0.147. The van der Waals surface area contributed by atoms with Crippen LogP contribution < -0.4 is 5.90 Å². The van der Waals surface area contributed by atoms with Crippen molar-refractivity contribution in [2.24, 2.45) is 22.0 Å². The minimum Gasteiger partial charge on any atom is -0.301 e. The summed E-state index contributed by atoms with van der Waals surface area (Å²) in [6.45, 7) is 7.13. The van der Waals surface area contributed by atoms with Crippen molar-refractivity contribution < 1.29 is 4.94 Å². The highest BCUT2D eigenvalue weighted by Gasteiger charge is 2.00. The zero-order chi connectivity index (χ0) is 7.28. The first-order chi connectivity index (χ1) is 4.22. The molecule has 0 fully saturated rings. The molecule has 0 bridgehead atoms. The van der Waals surface area contributed by atoms with E-state index in [2.05, 4.69) is 27.7 Å². The van der Waals surface area contributed by atoms with Gasteiger partial charge >= 0.3 is 0 Å². The summed E-state index contributed by atoms with van der Waals surface area (Å²) in [5.41, 5.74) is 0. The molecule has 4 nitrogen and oxygen atoms in total. The maximum absolute atomic E-state index is 4.67. The van der Waals surface area contributed by atoms with Crippen LogP contribution in [0.15, 0.2) is 10.1 Å². The predicted octanol–water partition coefficient (Wildman–Crippen LogP) is 0.547. The van der Waals surface area contributed by atoms with Crippen molar-refractivity contribution in [2.45, 2.75) is 13.8 Å². The molecule has 0 saturated heterocycles. The molecule has 0 aromatic heterocycles. The van der Waals surface area contributed by atoms with Crippen LogP contribution in [0.3, 0.4) is 0 Å². The van der Waals surface area contributed by atoms with E-state index in [0.717, 1.165) is 0 Å². The van der Waals surface area contributed by atoms with Gasteiger partial charge in [0.1, 0.15) is 0 Å². The van der Waals surface area contributed by atoms with Gasteiger partial charge in [0, 0.05) is 5.92 Å². The van der Waals surface area contributed by atoms with Gasteiger partial charge in [-0.25, -0.2) is 4.99 Å². The molecule has 0 saturated carbocycles. The highest BCUT2D eigenvalue weighted by atomic mass is 16.7. The molecule has 0 aliphatic rings. The molecule has 0 unspecified atom stereocenters. The van der Waals surface area contributed by atoms with Gasteiger partial charge in [0.05, 0.1) is 0 Å². The summed E-state index contributed by atoms with van der Waals surface area (Å²) < 4.78 is 0. The Labute approximate surface area is 54.4 Å². The monoisotopic (exact) mass is 129 g/mol. The zero-order valence-electron chi connectivity index (χ0n) is 5.66. The Hall–Kier alpha value is -0.900. The van der Waals surface area contributed by atoms with Gasteiger partial charge in [-0.2, -0.15) is 0 Å².